The van der Waals surface area contributed by atoms with Crippen molar-refractivity contribution in [1.82, 2.24) is 25.2 Å². The molecule has 1 aliphatic heterocycles. The van der Waals surface area contributed by atoms with Crippen LogP contribution in [0.2, 0.25) is 0 Å². The van der Waals surface area contributed by atoms with Crippen LogP contribution in [0.1, 0.15) is 61.0 Å². The number of rotatable bonds is 12. The van der Waals surface area contributed by atoms with E-state index in [9.17, 15) is 32.7 Å². The van der Waals surface area contributed by atoms with Crippen LogP contribution in [-0.2, 0) is 25.7 Å². The molecule has 14 heteroatoms. The van der Waals surface area contributed by atoms with Crippen molar-refractivity contribution < 1.29 is 42.1 Å². The number of benzene rings is 1. The van der Waals surface area contributed by atoms with Gasteiger partial charge in [0.05, 0.1) is 42.1 Å². The van der Waals surface area contributed by atoms with Crippen LogP contribution >= 0.6 is 0 Å². The number of ether oxygens (including phenoxy) is 2. The number of alkyl halides is 3. The van der Waals surface area contributed by atoms with Gasteiger partial charge in [-0.15, -0.1) is 0 Å². The lowest BCUT2D eigenvalue weighted by atomic mass is 9.65. The molecule has 246 valence electrons. The maximum atomic E-state index is 13.8. The van der Waals surface area contributed by atoms with E-state index in [1.165, 1.54) is 17.7 Å². The lowest BCUT2D eigenvalue weighted by Gasteiger charge is -2.41. The van der Waals surface area contributed by atoms with Crippen molar-refractivity contribution in [2.75, 3.05) is 20.3 Å². The fraction of sp³-hybridized carbons (Fsp3) is 0.531. The van der Waals surface area contributed by atoms with Crippen LogP contribution in [0, 0.1) is 29.1 Å². The molecule has 11 nitrogen and oxygen atoms in total. The second-order valence-corrected chi connectivity index (χ2v) is 12.6. The summed E-state index contributed by atoms with van der Waals surface area (Å²) in [6.07, 6.45) is -0.437. The molecule has 0 spiro atoms. The molecule has 46 heavy (non-hydrogen) atoms. The smallest absolute Gasteiger partial charge is 0.408 e. The summed E-state index contributed by atoms with van der Waals surface area (Å²) in [6, 6.07) is 11.9. The monoisotopic (exact) mass is 643 g/mol. The van der Waals surface area contributed by atoms with Crippen LogP contribution < -0.4 is 10.6 Å². The first kappa shape index (κ1) is 31.8. The maximum Gasteiger partial charge on any atom is 0.408 e. The first-order chi connectivity index (χ1) is 22.0. The van der Waals surface area contributed by atoms with Gasteiger partial charge in [0, 0.05) is 13.7 Å². The van der Waals surface area contributed by atoms with E-state index in [0.29, 0.717) is 23.2 Å². The van der Waals surface area contributed by atoms with Gasteiger partial charge in [-0.2, -0.15) is 18.3 Å². The number of hydrogen-bond donors (Lipinski definition) is 3. The lowest BCUT2D eigenvalue weighted by molar-refractivity contribution is -0.197. The van der Waals surface area contributed by atoms with Crippen molar-refractivity contribution in [2.45, 2.75) is 56.8 Å². The maximum absolute atomic E-state index is 13.8. The summed E-state index contributed by atoms with van der Waals surface area (Å²) >= 11 is 0. The van der Waals surface area contributed by atoms with E-state index in [-0.39, 0.29) is 24.8 Å². The van der Waals surface area contributed by atoms with Crippen LogP contribution in [0.3, 0.4) is 0 Å². The molecule has 1 saturated heterocycles. The number of imidazole rings is 1. The molecule has 4 atom stereocenters. The summed E-state index contributed by atoms with van der Waals surface area (Å²) in [5.74, 6) is -5.13. The largest absolute Gasteiger partial charge is 0.480 e. The number of carbonyl (C=O) groups excluding carboxylic acids is 2. The van der Waals surface area contributed by atoms with Gasteiger partial charge in [-0.05, 0) is 67.6 Å². The predicted molar refractivity (Wildman–Crippen MR) is 156 cm³/mol. The summed E-state index contributed by atoms with van der Waals surface area (Å²) in [5, 5.41) is 20.1. The van der Waals surface area contributed by atoms with Gasteiger partial charge >= 0.3 is 18.2 Å². The zero-order valence-electron chi connectivity index (χ0n) is 25.2. The van der Waals surface area contributed by atoms with E-state index in [0.717, 1.165) is 31.2 Å². The number of carboxylic acids is 1. The Hall–Kier alpha value is -4.20. The second-order valence-electron chi connectivity index (χ2n) is 12.6. The van der Waals surface area contributed by atoms with Crippen molar-refractivity contribution in [3.8, 4) is 0 Å². The normalized spacial score (nSPS) is 23.2. The molecule has 0 radical (unpaired) electrons. The Morgan fingerprint density at radius 1 is 1.11 bits per heavy atom. The highest BCUT2D eigenvalue weighted by Crippen LogP contribution is 2.54. The number of nitrogens with zero attached hydrogens (tertiary/aromatic N) is 3. The fourth-order valence-corrected chi connectivity index (χ4v) is 6.84. The van der Waals surface area contributed by atoms with Crippen molar-refractivity contribution in [1.29, 1.82) is 0 Å². The molecule has 3 heterocycles. The number of aromatic nitrogens is 3. The van der Waals surface area contributed by atoms with Crippen molar-refractivity contribution in [3.63, 3.8) is 0 Å². The third-order valence-corrected chi connectivity index (χ3v) is 9.49. The number of halogens is 3. The number of nitrogens with one attached hydrogen (secondary N) is 2. The number of carboxylic acid groups (broad SMARTS) is 1. The Morgan fingerprint density at radius 2 is 1.80 bits per heavy atom. The Balaban J connectivity index is 1.32. The third kappa shape index (κ3) is 6.39. The van der Waals surface area contributed by atoms with Crippen LogP contribution in [0.4, 0.5) is 18.0 Å². The predicted octanol–water partition coefficient (Wildman–Crippen LogP) is 4.63. The topological polar surface area (TPSA) is 144 Å². The Morgan fingerprint density at radius 3 is 2.41 bits per heavy atom. The van der Waals surface area contributed by atoms with E-state index in [2.05, 4.69) is 15.7 Å². The van der Waals surface area contributed by atoms with E-state index in [4.69, 9.17) is 14.5 Å². The molecule has 3 fully saturated rings. The van der Waals surface area contributed by atoms with Crippen LogP contribution in [0.5, 0.6) is 0 Å². The van der Waals surface area contributed by atoms with Crippen molar-refractivity contribution >= 4 is 23.6 Å². The van der Waals surface area contributed by atoms with Crippen LogP contribution in [0.15, 0.2) is 48.7 Å². The number of aliphatic carboxylic acids is 1. The van der Waals surface area contributed by atoms with Crippen LogP contribution in [0.25, 0.3) is 5.65 Å². The second kappa shape index (κ2) is 12.5. The zero-order chi connectivity index (χ0) is 32.6. The van der Waals surface area contributed by atoms with Crippen molar-refractivity contribution in [3.05, 3.63) is 65.6 Å². The van der Waals surface area contributed by atoms with Gasteiger partial charge in [0.2, 0.25) is 5.91 Å². The van der Waals surface area contributed by atoms with Gasteiger partial charge in [-0.25, -0.2) is 14.3 Å². The van der Waals surface area contributed by atoms with Crippen LogP contribution in [-0.4, -0.2) is 64.1 Å². The molecule has 1 aromatic carbocycles. The molecule has 3 aromatic rings. The molecule has 2 aromatic heterocycles. The van der Waals surface area contributed by atoms with E-state index in [1.807, 2.05) is 30.3 Å². The lowest BCUT2D eigenvalue weighted by Crippen LogP contribution is -2.59. The standard InChI is InChI=1S/C32H36F3N5O6/c1-45-17-22(31(29(42)43)13-21(32(33,34)35)14-36-28(31)41)23-11-12-25-37-24(15-40(25)39-23)27(26(19-7-8-19)20-9-10-20)38-30(44)46-16-18-5-3-2-4-6-18/h2-6,11-12,15,19-22,26-27H,7-10,13-14,16-17H2,1H3,(H,36,41)(H,38,44)(H,42,43)/t21-,22?,27?,31?/m1/s1. The molecular formula is C32H36F3N5O6. The molecule has 2 aliphatic carbocycles. The summed E-state index contributed by atoms with van der Waals surface area (Å²) in [6.45, 7) is -0.977. The molecular weight excluding hydrogens is 607 g/mol. The summed E-state index contributed by atoms with van der Waals surface area (Å²) < 4.78 is 53.6. The fourth-order valence-electron chi connectivity index (χ4n) is 6.84. The highest BCUT2D eigenvalue weighted by Gasteiger charge is 2.60. The third-order valence-electron chi connectivity index (χ3n) is 9.49. The molecule has 3 N–H and O–H groups in total. The SMILES string of the molecule is COCC(c1ccc2nc(C(NC(=O)OCc3ccccc3)C(C3CC3)C3CC3)cn2n1)C1(C(=O)O)C[C@@H](C(F)(F)F)CNC1=O. The molecule has 0 bridgehead atoms. The zero-order valence-corrected chi connectivity index (χ0v) is 25.2. The van der Waals surface area contributed by atoms with Gasteiger partial charge in [0.15, 0.2) is 11.1 Å². The van der Waals surface area contributed by atoms with Crippen molar-refractivity contribution in [2.24, 2.45) is 29.1 Å². The number of alkyl carbamates (subject to hydrolysis) is 1. The number of piperidine rings is 1. The number of fused-ring (bicyclic) bond motifs is 1. The van der Waals surface area contributed by atoms with Gasteiger partial charge in [0.25, 0.3) is 0 Å². The average molecular weight is 644 g/mol. The molecule has 3 unspecified atom stereocenters. The van der Waals surface area contributed by atoms with Gasteiger partial charge in [-0.3, -0.25) is 9.59 Å². The van der Waals surface area contributed by atoms with Gasteiger partial charge in [-0.1, -0.05) is 30.3 Å². The number of hydrogen-bond acceptors (Lipinski definition) is 7. The number of carbonyl (C=O) groups is 3. The first-order valence-corrected chi connectivity index (χ1v) is 15.4. The first-order valence-electron chi connectivity index (χ1n) is 15.4. The number of amides is 2. The van der Waals surface area contributed by atoms with E-state index >= 15 is 0 Å². The Kier molecular flexibility index (Phi) is 8.66. The molecule has 6 rings (SSSR count). The minimum Gasteiger partial charge on any atom is -0.480 e. The Bertz CT molecular complexity index is 1580. The van der Waals surface area contributed by atoms with E-state index in [1.54, 1.807) is 12.3 Å². The summed E-state index contributed by atoms with van der Waals surface area (Å²) in [5.41, 5.74) is -0.651. The molecule has 2 saturated carbocycles. The molecule has 2 amide bonds. The van der Waals surface area contributed by atoms with Gasteiger partial charge in [0.1, 0.15) is 6.61 Å². The highest BCUT2D eigenvalue weighted by molar-refractivity contribution is 6.03. The minimum atomic E-state index is -4.72. The Labute approximate surface area is 262 Å². The minimum absolute atomic E-state index is 0.0615. The summed E-state index contributed by atoms with van der Waals surface area (Å²) in [7, 11) is 1.28. The quantitative estimate of drug-likeness (QED) is 0.243. The summed E-state index contributed by atoms with van der Waals surface area (Å²) in [4.78, 5) is 43.6. The average Bonchev–Trinajstić information content (AvgIpc) is 3.97. The highest BCUT2D eigenvalue weighted by atomic mass is 19.4. The van der Waals surface area contributed by atoms with E-state index < -0.39 is 60.4 Å². The number of methoxy groups -OCH3 is 1. The van der Waals surface area contributed by atoms with Gasteiger partial charge < -0.3 is 25.2 Å². The molecule has 3 aliphatic rings.